The molecule has 1 aromatic heterocycles. The van der Waals surface area contributed by atoms with E-state index in [0.717, 1.165) is 12.1 Å². The van der Waals surface area contributed by atoms with Crippen LogP contribution in [0.15, 0.2) is 36.9 Å². The van der Waals surface area contributed by atoms with Crippen LogP contribution in [0.4, 0.5) is 0 Å². The molecule has 1 aromatic carbocycles. The van der Waals surface area contributed by atoms with Gasteiger partial charge in [-0.25, -0.2) is 15.0 Å². The Morgan fingerprint density at radius 2 is 1.86 bits per heavy atom. The normalized spacial score (nSPS) is 27.8. The molecule has 0 radical (unpaired) electrons. The fraction of sp³-hybridized carbons (Fsp3) is 0.654. The minimum Gasteiger partial charge on any atom is -0.363 e. The second kappa shape index (κ2) is 12.6. The third-order valence-corrected chi connectivity index (χ3v) is 7.66. The number of hydrogen-bond donors (Lipinski definition) is 2. The van der Waals surface area contributed by atoms with Crippen molar-refractivity contribution in [3.63, 3.8) is 0 Å². The first-order chi connectivity index (χ1) is 16.7. The Hall–Kier alpha value is -1.62. The first-order valence-electron chi connectivity index (χ1n) is 12.4. The maximum absolute atomic E-state index is 6.77. The highest BCUT2D eigenvalue weighted by Gasteiger charge is 2.56. The molecule has 1 aliphatic heterocycles. The van der Waals surface area contributed by atoms with Gasteiger partial charge in [0.2, 0.25) is 5.91 Å². The fourth-order valence-corrected chi connectivity index (χ4v) is 4.96. The second-order valence-corrected chi connectivity index (χ2v) is 10.5. The van der Waals surface area contributed by atoms with Gasteiger partial charge in [-0.1, -0.05) is 45.0 Å². The molecule has 2 heterocycles. The van der Waals surface area contributed by atoms with E-state index in [4.69, 9.17) is 14.2 Å². The van der Waals surface area contributed by atoms with E-state index in [0.29, 0.717) is 31.2 Å². The highest BCUT2D eigenvalue weighted by molar-refractivity contribution is 7.99. The first kappa shape index (κ1) is 28.0. The average molecular weight is 504 g/mol. The number of nitrogens with one attached hydrogen (secondary N) is 2. The highest BCUT2D eigenvalue weighted by atomic mass is 32.2. The molecule has 2 aromatic rings. The number of benzene rings is 1. The minimum absolute atomic E-state index is 0.162. The van der Waals surface area contributed by atoms with E-state index in [-0.39, 0.29) is 11.5 Å². The molecule has 1 aliphatic rings. The lowest BCUT2D eigenvalue weighted by atomic mass is 10.0. The number of hydrogen-bond acceptors (Lipinski definition) is 9. The molecule has 2 N–H and O–H groups in total. The summed E-state index contributed by atoms with van der Waals surface area (Å²) in [5, 5.41) is 7.17. The first-order valence-corrected chi connectivity index (χ1v) is 13.7. The number of likely N-dealkylation sites (N-methyl/N-ethyl adjacent to an activating group) is 1. The van der Waals surface area contributed by atoms with E-state index in [1.54, 1.807) is 11.8 Å². The van der Waals surface area contributed by atoms with Crippen molar-refractivity contribution in [1.29, 1.82) is 0 Å². The van der Waals surface area contributed by atoms with Gasteiger partial charge in [0, 0.05) is 18.9 Å². The maximum atomic E-state index is 6.77. The van der Waals surface area contributed by atoms with Gasteiger partial charge < -0.3 is 14.2 Å². The molecule has 0 spiro atoms. The zero-order valence-electron chi connectivity index (χ0n) is 22.1. The molecule has 5 unspecified atom stereocenters. The van der Waals surface area contributed by atoms with E-state index >= 15 is 0 Å². The molecular formula is C26H41N5O3S. The van der Waals surface area contributed by atoms with Crippen LogP contribution in [0.5, 0.6) is 0 Å². The summed E-state index contributed by atoms with van der Waals surface area (Å²) in [5.41, 5.74) is 1.35. The molecule has 3 rings (SSSR count). The molecule has 35 heavy (non-hydrogen) atoms. The lowest BCUT2D eigenvalue weighted by Crippen LogP contribution is -2.71. The number of aromatic nitrogens is 3. The molecule has 0 saturated carbocycles. The summed E-state index contributed by atoms with van der Waals surface area (Å²) in [7, 11) is 0. The number of ether oxygens (including phenoxy) is 3. The summed E-state index contributed by atoms with van der Waals surface area (Å²) in [4.78, 5) is 12.5. The van der Waals surface area contributed by atoms with Gasteiger partial charge in [0.25, 0.3) is 0 Å². The molecule has 1 saturated heterocycles. The van der Waals surface area contributed by atoms with Crippen molar-refractivity contribution in [1.82, 2.24) is 25.6 Å². The van der Waals surface area contributed by atoms with Crippen molar-refractivity contribution in [2.45, 2.75) is 90.2 Å². The van der Waals surface area contributed by atoms with Crippen LogP contribution < -0.4 is 10.6 Å². The quantitative estimate of drug-likeness (QED) is 0.445. The van der Waals surface area contributed by atoms with Crippen LogP contribution in [0, 0.1) is 12.8 Å². The van der Waals surface area contributed by atoms with E-state index in [2.05, 4.69) is 85.5 Å². The number of aryl methyl sites for hydroxylation is 2. The van der Waals surface area contributed by atoms with Gasteiger partial charge in [0.1, 0.15) is 35.7 Å². The largest absolute Gasteiger partial charge is 0.363 e. The molecule has 5 atom stereocenters. The fourth-order valence-electron chi connectivity index (χ4n) is 4.05. The van der Waals surface area contributed by atoms with E-state index in [1.807, 2.05) is 12.1 Å². The second-order valence-electron chi connectivity index (χ2n) is 9.62. The summed E-state index contributed by atoms with van der Waals surface area (Å²) < 4.78 is 20.2. The van der Waals surface area contributed by atoms with Crippen molar-refractivity contribution >= 4 is 11.8 Å². The minimum atomic E-state index is -1.03. The van der Waals surface area contributed by atoms with Gasteiger partial charge in [-0.3, -0.25) is 10.6 Å². The van der Waals surface area contributed by atoms with Crippen LogP contribution in [-0.4, -0.2) is 57.0 Å². The van der Waals surface area contributed by atoms with Gasteiger partial charge in [-0.05, 0) is 50.6 Å². The third-order valence-electron chi connectivity index (χ3n) is 6.67. The Labute approximate surface area is 214 Å². The van der Waals surface area contributed by atoms with E-state index in [1.165, 1.54) is 18.2 Å². The summed E-state index contributed by atoms with van der Waals surface area (Å²) >= 11 is 1.63. The Balaban J connectivity index is 1.89. The van der Waals surface area contributed by atoms with Gasteiger partial charge in [0.05, 0.1) is 6.61 Å². The van der Waals surface area contributed by atoms with Gasteiger partial charge in [-0.15, -0.1) is 11.8 Å². The van der Waals surface area contributed by atoms with Crippen LogP contribution in [0.3, 0.4) is 0 Å². The average Bonchev–Trinajstić information content (AvgIpc) is 2.85. The SMILES string of the molecule is CCNC1OC(CCc2ncncn2)(NC(C)C(C)C)OC(SC)C1(C)OCc1ccccc1C. The Kier molecular flexibility index (Phi) is 10.0. The van der Waals surface area contributed by atoms with Crippen LogP contribution >= 0.6 is 11.8 Å². The Bertz CT molecular complexity index is 921. The summed E-state index contributed by atoms with van der Waals surface area (Å²) in [6.07, 6.45) is 5.82. The molecule has 8 nitrogen and oxygen atoms in total. The zero-order chi connectivity index (χ0) is 25.5. The molecule has 1 fully saturated rings. The molecule has 0 amide bonds. The van der Waals surface area contributed by atoms with Crippen molar-refractivity contribution in [2.75, 3.05) is 12.8 Å². The third kappa shape index (κ3) is 6.99. The Morgan fingerprint density at radius 1 is 1.14 bits per heavy atom. The standard InChI is InChI=1S/C26H41N5O3S/c1-8-28-23-25(6,32-15-21-12-10-9-11-19(21)4)24(35-7)34-26(33-23,31-20(5)18(2)3)14-13-22-29-16-27-17-30-22/h9-12,16-18,20,23-24,28,31H,8,13-15H2,1-7H3. The highest BCUT2D eigenvalue weighted by Crippen LogP contribution is 2.42. The number of thioether (sulfide) groups is 1. The molecule has 9 heteroatoms. The monoisotopic (exact) mass is 503 g/mol. The van der Waals surface area contributed by atoms with E-state index in [9.17, 15) is 0 Å². The van der Waals surface area contributed by atoms with Gasteiger partial charge >= 0.3 is 0 Å². The lowest BCUT2D eigenvalue weighted by molar-refractivity contribution is -0.383. The van der Waals surface area contributed by atoms with Crippen LogP contribution in [0.25, 0.3) is 0 Å². The van der Waals surface area contributed by atoms with Gasteiger partial charge in [0.15, 0.2) is 0 Å². The van der Waals surface area contributed by atoms with E-state index < -0.39 is 17.7 Å². The molecule has 0 aliphatic carbocycles. The summed E-state index contributed by atoms with van der Waals surface area (Å²) in [6.45, 7) is 14.0. The van der Waals surface area contributed by atoms with Crippen LogP contribution in [0.2, 0.25) is 0 Å². The van der Waals surface area contributed by atoms with Crippen molar-refractivity contribution < 1.29 is 14.2 Å². The van der Waals surface area contributed by atoms with Crippen molar-refractivity contribution in [2.24, 2.45) is 5.92 Å². The summed E-state index contributed by atoms with van der Waals surface area (Å²) in [6, 6.07) is 8.45. The maximum Gasteiger partial charge on any atom is 0.230 e. The molecular weight excluding hydrogens is 462 g/mol. The zero-order valence-corrected chi connectivity index (χ0v) is 22.9. The van der Waals surface area contributed by atoms with Crippen molar-refractivity contribution in [3.05, 3.63) is 53.9 Å². The molecule has 194 valence electrons. The lowest BCUT2D eigenvalue weighted by Gasteiger charge is -2.54. The van der Waals surface area contributed by atoms with Crippen LogP contribution in [0.1, 0.15) is 58.0 Å². The topological polar surface area (TPSA) is 90.4 Å². The van der Waals surface area contributed by atoms with Crippen LogP contribution in [-0.2, 0) is 27.2 Å². The predicted octanol–water partition coefficient (Wildman–Crippen LogP) is 4.05. The predicted molar refractivity (Wildman–Crippen MR) is 140 cm³/mol. The number of rotatable bonds is 12. The smallest absolute Gasteiger partial charge is 0.230 e. The Morgan fingerprint density at radius 3 is 2.49 bits per heavy atom. The summed E-state index contributed by atoms with van der Waals surface area (Å²) in [5.74, 6) is 0.0742. The van der Waals surface area contributed by atoms with Gasteiger partial charge in [-0.2, -0.15) is 0 Å². The molecule has 0 bridgehead atoms. The number of nitrogens with zero attached hydrogens (tertiary/aromatic N) is 3. The van der Waals surface area contributed by atoms with Crippen molar-refractivity contribution in [3.8, 4) is 0 Å².